The largest absolute Gasteiger partial charge is 0.271 e. The van der Waals surface area contributed by atoms with E-state index in [1.54, 1.807) is 25.1 Å². The van der Waals surface area contributed by atoms with Crippen molar-refractivity contribution in [2.75, 3.05) is 0 Å². The summed E-state index contributed by atoms with van der Waals surface area (Å²) in [7, 11) is 0. The molecule has 15 heavy (non-hydrogen) atoms. The second-order valence-corrected chi connectivity index (χ2v) is 3.15. The highest BCUT2D eigenvalue weighted by atomic mass is 19.2. The maximum Gasteiger partial charge on any atom is 0.271 e. The van der Waals surface area contributed by atoms with Crippen molar-refractivity contribution < 1.29 is 13.2 Å². The van der Waals surface area contributed by atoms with Crippen molar-refractivity contribution in [1.82, 2.24) is 9.78 Å². The van der Waals surface area contributed by atoms with E-state index in [0.717, 1.165) is 5.56 Å². The van der Waals surface area contributed by atoms with Crippen molar-refractivity contribution in [2.45, 2.75) is 6.92 Å². The summed E-state index contributed by atoms with van der Waals surface area (Å²) in [6.45, 7) is 1.79. The first-order valence-electron chi connectivity index (χ1n) is 4.26. The molecule has 5 heteroatoms. The van der Waals surface area contributed by atoms with Gasteiger partial charge in [0.25, 0.3) is 11.9 Å². The summed E-state index contributed by atoms with van der Waals surface area (Å²) < 4.78 is 39.1. The zero-order chi connectivity index (χ0) is 11.0. The number of aromatic nitrogens is 2. The summed E-state index contributed by atoms with van der Waals surface area (Å²) in [5.74, 6) is -4.32. The van der Waals surface area contributed by atoms with Gasteiger partial charge in [-0.1, -0.05) is 12.1 Å². The van der Waals surface area contributed by atoms with Gasteiger partial charge in [-0.15, -0.1) is 5.10 Å². The topological polar surface area (TPSA) is 17.8 Å². The number of hydrogen-bond donors (Lipinski definition) is 0. The second-order valence-electron chi connectivity index (χ2n) is 3.15. The van der Waals surface area contributed by atoms with Crippen molar-refractivity contribution >= 4 is 0 Å². The SMILES string of the molecule is Cc1cccc(-n2nc(F)c(F)c2F)c1. The number of rotatable bonds is 1. The van der Waals surface area contributed by atoms with Crippen LogP contribution in [0.25, 0.3) is 5.69 Å². The summed E-state index contributed by atoms with van der Waals surface area (Å²) in [6.07, 6.45) is 0. The normalized spacial score (nSPS) is 10.7. The molecule has 1 heterocycles. The maximum atomic E-state index is 13.1. The van der Waals surface area contributed by atoms with Gasteiger partial charge in [-0.05, 0) is 24.6 Å². The first kappa shape index (κ1) is 9.76. The molecule has 0 amide bonds. The van der Waals surface area contributed by atoms with Crippen LogP contribution in [0.1, 0.15) is 5.56 Å². The molecule has 0 bridgehead atoms. The van der Waals surface area contributed by atoms with Gasteiger partial charge < -0.3 is 0 Å². The van der Waals surface area contributed by atoms with E-state index in [9.17, 15) is 13.2 Å². The number of aryl methyl sites for hydroxylation is 1. The summed E-state index contributed by atoms with van der Waals surface area (Å²) in [6, 6.07) is 6.54. The van der Waals surface area contributed by atoms with Gasteiger partial charge in [0, 0.05) is 0 Å². The van der Waals surface area contributed by atoms with E-state index in [4.69, 9.17) is 0 Å². The molecule has 78 valence electrons. The quantitative estimate of drug-likeness (QED) is 0.710. The minimum Gasteiger partial charge on any atom is -0.201 e. The lowest BCUT2D eigenvalue weighted by molar-refractivity contribution is 0.444. The maximum absolute atomic E-state index is 13.1. The van der Waals surface area contributed by atoms with Crippen molar-refractivity contribution in [1.29, 1.82) is 0 Å². The highest BCUT2D eigenvalue weighted by Gasteiger charge is 2.18. The molecule has 1 aromatic carbocycles. The van der Waals surface area contributed by atoms with Gasteiger partial charge >= 0.3 is 0 Å². The molecule has 0 saturated heterocycles. The van der Waals surface area contributed by atoms with Crippen molar-refractivity contribution in [3.8, 4) is 5.69 Å². The fourth-order valence-corrected chi connectivity index (χ4v) is 1.28. The van der Waals surface area contributed by atoms with E-state index in [1.165, 1.54) is 6.07 Å². The third-order valence-electron chi connectivity index (χ3n) is 1.98. The molecule has 0 unspecified atom stereocenters. The zero-order valence-corrected chi connectivity index (χ0v) is 7.84. The van der Waals surface area contributed by atoms with Gasteiger partial charge in [0.05, 0.1) is 5.69 Å². The molecule has 0 aliphatic heterocycles. The number of hydrogen-bond acceptors (Lipinski definition) is 1. The Labute approximate surface area is 84.0 Å². The van der Waals surface area contributed by atoms with Crippen LogP contribution in [0.15, 0.2) is 24.3 Å². The van der Waals surface area contributed by atoms with E-state index >= 15 is 0 Å². The van der Waals surface area contributed by atoms with Gasteiger partial charge in [-0.3, -0.25) is 0 Å². The molecule has 0 saturated carbocycles. The van der Waals surface area contributed by atoms with Crippen LogP contribution >= 0.6 is 0 Å². The lowest BCUT2D eigenvalue weighted by atomic mass is 10.2. The van der Waals surface area contributed by atoms with Crippen LogP contribution < -0.4 is 0 Å². The molecule has 0 radical (unpaired) electrons. The Kier molecular flexibility index (Phi) is 2.22. The van der Waals surface area contributed by atoms with Crippen molar-refractivity contribution in [2.24, 2.45) is 0 Å². The van der Waals surface area contributed by atoms with Crippen LogP contribution in [0.3, 0.4) is 0 Å². The Morgan fingerprint density at radius 2 is 1.93 bits per heavy atom. The Balaban J connectivity index is 2.59. The zero-order valence-electron chi connectivity index (χ0n) is 7.84. The van der Waals surface area contributed by atoms with E-state index in [0.29, 0.717) is 4.68 Å². The summed E-state index contributed by atoms with van der Waals surface area (Å²) in [5, 5.41) is 3.12. The minimum atomic E-state index is -1.56. The molecule has 2 aromatic rings. The Bertz CT molecular complexity index is 505. The third-order valence-corrected chi connectivity index (χ3v) is 1.98. The molecular weight excluding hydrogens is 205 g/mol. The number of nitrogens with zero attached hydrogens (tertiary/aromatic N) is 2. The number of halogens is 3. The second kappa shape index (κ2) is 3.42. The molecule has 0 aliphatic carbocycles. The summed E-state index contributed by atoms with van der Waals surface area (Å²) in [5.41, 5.74) is 1.14. The van der Waals surface area contributed by atoms with E-state index in [1.807, 2.05) is 0 Å². The molecule has 0 aliphatic rings. The van der Waals surface area contributed by atoms with Crippen LogP contribution in [0, 0.1) is 24.6 Å². The average Bonchev–Trinajstić information content (AvgIpc) is 2.46. The molecule has 0 atom stereocenters. The predicted molar refractivity (Wildman–Crippen MR) is 48.2 cm³/mol. The van der Waals surface area contributed by atoms with E-state index in [-0.39, 0.29) is 5.69 Å². The Hall–Kier alpha value is -1.78. The van der Waals surface area contributed by atoms with Gasteiger partial charge in [0.2, 0.25) is 5.82 Å². The molecule has 0 spiro atoms. The monoisotopic (exact) mass is 212 g/mol. The molecule has 0 fully saturated rings. The Morgan fingerprint density at radius 3 is 2.47 bits per heavy atom. The highest BCUT2D eigenvalue weighted by molar-refractivity contribution is 5.34. The van der Waals surface area contributed by atoms with Crippen LogP contribution in [-0.2, 0) is 0 Å². The molecule has 2 rings (SSSR count). The standard InChI is InChI=1S/C10H7F3N2/c1-6-3-2-4-7(5-6)15-10(13)8(11)9(12)14-15/h2-5H,1H3. The molecule has 0 N–H and O–H groups in total. The van der Waals surface area contributed by atoms with Gasteiger partial charge in [0.15, 0.2) is 0 Å². The summed E-state index contributed by atoms with van der Waals surface area (Å²) in [4.78, 5) is 0. The lowest BCUT2D eigenvalue weighted by Crippen LogP contribution is -2.00. The third kappa shape index (κ3) is 1.60. The van der Waals surface area contributed by atoms with Crippen molar-refractivity contribution in [3.63, 3.8) is 0 Å². The van der Waals surface area contributed by atoms with Crippen LogP contribution in [-0.4, -0.2) is 9.78 Å². The minimum absolute atomic E-state index is 0.287. The van der Waals surface area contributed by atoms with E-state index in [2.05, 4.69) is 5.10 Å². The molecule has 2 nitrogen and oxygen atoms in total. The van der Waals surface area contributed by atoms with Crippen LogP contribution in [0.5, 0.6) is 0 Å². The average molecular weight is 212 g/mol. The fourth-order valence-electron chi connectivity index (χ4n) is 1.28. The highest BCUT2D eigenvalue weighted by Crippen LogP contribution is 2.15. The van der Waals surface area contributed by atoms with Gasteiger partial charge in [0.1, 0.15) is 0 Å². The smallest absolute Gasteiger partial charge is 0.201 e. The van der Waals surface area contributed by atoms with Gasteiger partial charge in [-0.2, -0.15) is 13.2 Å². The lowest BCUT2D eigenvalue weighted by Gasteiger charge is -2.01. The van der Waals surface area contributed by atoms with Gasteiger partial charge in [-0.25, -0.2) is 4.68 Å². The Morgan fingerprint density at radius 1 is 1.20 bits per heavy atom. The van der Waals surface area contributed by atoms with Crippen LogP contribution in [0.2, 0.25) is 0 Å². The summed E-state index contributed by atoms with van der Waals surface area (Å²) >= 11 is 0. The van der Waals surface area contributed by atoms with Crippen molar-refractivity contribution in [3.05, 3.63) is 47.5 Å². The van der Waals surface area contributed by atoms with E-state index < -0.39 is 17.7 Å². The molecular formula is C10H7F3N2. The predicted octanol–water partition coefficient (Wildman–Crippen LogP) is 2.60. The first-order valence-corrected chi connectivity index (χ1v) is 4.26. The molecule has 1 aromatic heterocycles. The number of benzene rings is 1. The van der Waals surface area contributed by atoms with Crippen LogP contribution in [0.4, 0.5) is 13.2 Å². The fraction of sp³-hybridized carbons (Fsp3) is 0.100. The first-order chi connectivity index (χ1) is 7.09.